The van der Waals surface area contributed by atoms with E-state index in [2.05, 4.69) is 27.3 Å². The maximum absolute atomic E-state index is 11.3. The first-order chi connectivity index (χ1) is 7.94. The SMILES string of the molecule is CC(C)(CCc1ccccc1Br)NC(=O)CN. The normalized spacial score (nSPS) is 11.3. The zero-order valence-corrected chi connectivity index (χ0v) is 11.9. The number of benzene rings is 1. The summed E-state index contributed by atoms with van der Waals surface area (Å²) in [6, 6.07) is 8.13. The Labute approximate surface area is 111 Å². The Morgan fingerprint density at radius 1 is 1.41 bits per heavy atom. The molecular formula is C13H19BrN2O. The quantitative estimate of drug-likeness (QED) is 0.876. The van der Waals surface area contributed by atoms with Crippen molar-refractivity contribution in [3.05, 3.63) is 34.3 Å². The highest BCUT2D eigenvalue weighted by atomic mass is 79.9. The molecule has 0 atom stereocenters. The van der Waals surface area contributed by atoms with Gasteiger partial charge < -0.3 is 11.1 Å². The van der Waals surface area contributed by atoms with Crippen LogP contribution in [-0.4, -0.2) is 18.0 Å². The topological polar surface area (TPSA) is 55.1 Å². The van der Waals surface area contributed by atoms with Gasteiger partial charge in [0.25, 0.3) is 0 Å². The molecule has 3 nitrogen and oxygen atoms in total. The van der Waals surface area contributed by atoms with E-state index in [1.807, 2.05) is 32.0 Å². The zero-order chi connectivity index (χ0) is 12.9. The first-order valence-electron chi connectivity index (χ1n) is 5.69. The lowest BCUT2D eigenvalue weighted by atomic mass is 9.95. The van der Waals surface area contributed by atoms with E-state index in [-0.39, 0.29) is 18.0 Å². The Morgan fingerprint density at radius 3 is 2.65 bits per heavy atom. The fourth-order valence-electron chi connectivity index (χ4n) is 1.64. The third-order valence-corrected chi connectivity index (χ3v) is 3.41. The van der Waals surface area contributed by atoms with Crippen molar-refractivity contribution in [2.24, 2.45) is 5.73 Å². The van der Waals surface area contributed by atoms with Crippen molar-refractivity contribution in [1.29, 1.82) is 0 Å². The van der Waals surface area contributed by atoms with Crippen LogP contribution in [0, 0.1) is 0 Å². The molecule has 4 heteroatoms. The Kier molecular flexibility index (Phi) is 5.15. The number of rotatable bonds is 5. The van der Waals surface area contributed by atoms with E-state index >= 15 is 0 Å². The predicted octanol–water partition coefficient (Wildman–Crippen LogP) is 2.24. The lowest BCUT2D eigenvalue weighted by Crippen LogP contribution is -2.46. The van der Waals surface area contributed by atoms with Crippen molar-refractivity contribution in [3.63, 3.8) is 0 Å². The zero-order valence-electron chi connectivity index (χ0n) is 10.3. The summed E-state index contributed by atoms with van der Waals surface area (Å²) < 4.78 is 1.11. The maximum Gasteiger partial charge on any atom is 0.234 e. The molecule has 0 spiro atoms. The van der Waals surface area contributed by atoms with Crippen LogP contribution in [0.3, 0.4) is 0 Å². The van der Waals surface area contributed by atoms with Crippen molar-refractivity contribution in [2.75, 3.05) is 6.54 Å². The first-order valence-corrected chi connectivity index (χ1v) is 6.48. The van der Waals surface area contributed by atoms with Gasteiger partial charge in [0.15, 0.2) is 0 Å². The van der Waals surface area contributed by atoms with Crippen molar-refractivity contribution in [2.45, 2.75) is 32.2 Å². The van der Waals surface area contributed by atoms with Crippen LogP contribution in [-0.2, 0) is 11.2 Å². The van der Waals surface area contributed by atoms with Crippen LogP contribution in [0.25, 0.3) is 0 Å². The number of nitrogens with one attached hydrogen (secondary N) is 1. The smallest absolute Gasteiger partial charge is 0.234 e. The van der Waals surface area contributed by atoms with Gasteiger partial charge in [0.2, 0.25) is 5.91 Å². The fourth-order valence-corrected chi connectivity index (χ4v) is 2.12. The van der Waals surface area contributed by atoms with Gasteiger partial charge in [-0.25, -0.2) is 0 Å². The summed E-state index contributed by atoms with van der Waals surface area (Å²) in [6.07, 6.45) is 1.79. The second-order valence-electron chi connectivity index (χ2n) is 4.73. The molecule has 0 aliphatic heterocycles. The highest BCUT2D eigenvalue weighted by Gasteiger charge is 2.19. The fraction of sp³-hybridized carbons (Fsp3) is 0.462. The largest absolute Gasteiger partial charge is 0.350 e. The van der Waals surface area contributed by atoms with Crippen LogP contribution in [0.2, 0.25) is 0 Å². The molecular weight excluding hydrogens is 280 g/mol. The van der Waals surface area contributed by atoms with Crippen LogP contribution in [0.4, 0.5) is 0 Å². The molecule has 0 fully saturated rings. The molecule has 0 aliphatic carbocycles. The minimum absolute atomic E-state index is 0.0401. The number of hydrogen-bond acceptors (Lipinski definition) is 2. The van der Waals surface area contributed by atoms with Crippen LogP contribution < -0.4 is 11.1 Å². The molecule has 0 saturated heterocycles. The Bertz CT molecular complexity index is 391. The first kappa shape index (κ1) is 14.2. The number of nitrogens with two attached hydrogens (primary N) is 1. The molecule has 0 aliphatic rings. The van der Waals surface area contributed by atoms with Gasteiger partial charge in [0, 0.05) is 10.0 Å². The number of hydrogen-bond donors (Lipinski definition) is 2. The summed E-state index contributed by atoms with van der Waals surface area (Å²) in [5.41, 5.74) is 6.31. The Balaban J connectivity index is 2.55. The third kappa shape index (κ3) is 4.88. The second-order valence-corrected chi connectivity index (χ2v) is 5.58. The number of carbonyl (C=O) groups excluding carboxylic acids is 1. The molecule has 1 rings (SSSR count). The van der Waals surface area contributed by atoms with E-state index in [4.69, 9.17) is 5.73 Å². The molecule has 0 radical (unpaired) electrons. The molecule has 0 heterocycles. The number of amides is 1. The van der Waals surface area contributed by atoms with E-state index in [0.717, 1.165) is 17.3 Å². The van der Waals surface area contributed by atoms with Crippen LogP contribution >= 0.6 is 15.9 Å². The highest BCUT2D eigenvalue weighted by molar-refractivity contribution is 9.10. The van der Waals surface area contributed by atoms with E-state index in [1.54, 1.807) is 0 Å². The lowest BCUT2D eigenvalue weighted by Gasteiger charge is -2.26. The van der Waals surface area contributed by atoms with Gasteiger partial charge in [0.1, 0.15) is 0 Å². The van der Waals surface area contributed by atoms with Crippen molar-refractivity contribution >= 4 is 21.8 Å². The molecule has 0 bridgehead atoms. The summed E-state index contributed by atoms with van der Waals surface area (Å²) in [6.45, 7) is 4.06. The minimum Gasteiger partial charge on any atom is -0.350 e. The average Bonchev–Trinajstić information content (AvgIpc) is 2.27. The van der Waals surface area contributed by atoms with Crippen molar-refractivity contribution in [1.82, 2.24) is 5.32 Å². The Morgan fingerprint density at radius 2 is 2.06 bits per heavy atom. The highest BCUT2D eigenvalue weighted by Crippen LogP contribution is 2.20. The van der Waals surface area contributed by atoms with E-state index in [9.17, 15) is 4.79 Å². The van der Waals surface area contributed by atoms with E-state index < -0.39 is 0 Å². The standard InChI is InChI=1S/C13H19BrN2O/c1-13(2,16-12(17)9-15)8-7-10-5-3-4-6-11(10)14/h3-6H,7-9,15H2,1-2H3,(H,16,17). The van der Waals surface area contributed by atoms with Crippen LogP contribution in [0.5, 0.6) is 0 Å². The molecule has 0 aromatic heterocycles. The van der Waals surface area contributed by atoms with Gasteiger partial charge in [-0.15, -0.1) is 0 Å². The predicted molar refractivity (Wildman–Crippen MR) is 73.7 cm³/mol. The molecule has 0 unspecified atom stereocenters. The van der Waals surface area contributed by atoms with Crippen molar-refractivity contribution in [3.8, 4) is 0 Å². The molecule has 1 aromatic rings. The summed E-state index contributed by atoms with van der Waals surface area (Å²) >= 11 is 3.52. The van der Waals surface area contributed by atoms with E-state index in [0.29, 0.717) is 0 Å². The van der Waals surface area contributed by atoms with Gasteiger partial charge >= 0.3 is 0 Å². The molecule has 1 amide bonds. The van der Waals surface area contributed by atoms with Gasteiger partial charge in [-0.1, -0.05) is 34.1 Å². The lowest BCUT2D eigenvalue weighted by molar-refractivity contribution is -0.121. The summed E-state index contributed by atoms with van der Waals surface area (Å²) in [5.74, 6) is -0.109. The number of aryl methyl sites for hydroxylation is 1. The van der Waals surface area contributed by atoms with E-state index in [1.165, 1.54) is 5.56 Å². The molecule has 94 valence electrons. The number of carbonyl (C=O) groups is 1. The number of halogens is 1. The monoisotopic (exact) mass is 298 g/mol. The third-order valence-electron chi connectivity index (χ3n) is 2.64. The maximum atomic E-state index is 11.3. The molecule has 1 aromatic carbocycles. The van der Waals surface area contributed by atoms with Crippen LogP contribution in [0.15, 0.2) is 28.7 Å². The average molecular weight is 299 g/mol. The molecule has 0 saturated carbocycles. The molecule has 17 heavy (non-hydrogen) atoms. The van der Waals surface area contributed by atoms with Gasteiger partial charge in [-0.2, -0.15) is 0 Å². The summed E-state index contributed by atoms with van der Waals surface area (Å²) in [5, 5.41) is 2.92. The van der Waals surface area contributed by atoms with Crippen LogP contribution in [0.1, 0.15) is 25.8 Å². The summed E-state index contributed by atoms with van der Waals surface area (Å²) in [4.78, 5) is 11.3. The van der Waals surface area contributed by atoms with Gasteiger partial charge in [-0.05, 0) is 38.3 Å². The Hall–Kier alpha value is -0.870. The second kappa shape index (κ2) is 6.17. The summed E-state index contributed by atoms with van der Waals surface area (Å²) in [7, 11) is 0. The van der Waals surface area contributed by atoms with Gasteiger partial charge in [-0.3, -0.25) is 4.79 Å². The van der Waals surface area contributed by atoms with Gasteiger partial charge in [0.05, 0.1) is 6.54 Å². The minimum atomic E-state index is -0.230. The molecule has 3 N–H and O–H groups in total. The van der Waals surface area contributed by atoms with Crippen molar-refractivity contribution < 1.29 is 4.79 Å².